The molecular formula is C30H37ClN8O3S2. The van der Waals surface area contributed by atoms with E-state index in [2.05, 4.69) is 29.4 Å². The summed E-state index contributed by atoms with van der Waals surface area (Å²) in [5.74, 6) is 1.47. The number of rotatable bonds is 9. The highest BCUT2D eigenvalue weighted by atomic mass is 35.5. The number of thiophene rings is 1. The largest absolute Gasteiger partial charge is 0.368 e. The van der Waals surface area contributed by atoms with Crippen LogP contribution in [-0.2, 0) is 14.4 Å². The Balaban J connectivity index is 1.44. The minimum absolute atomic E-state index is 0.0529. The molecule has 44 heavy (non-hydrogen) atoms. The molecule has 3 amide bonds. The van der Waals surface area contributed by atoms with Gasteiger partial charge < -0.3 is 16.0 Å². The predicted molar refractivity (Wildman–Crippen MR) is 175 cm³/mol. The van der Waals surface area contributed by atoms with Crippen molar-refractivity contribution in [2.45, 2.75) is 52.2 Å². The van der Waals surface area contributed by atoms with Crippen molar-refractivity contribution in [3.05, 3.63) is 62.5 Å². The van der Waals surface area contributed by atoms with Gasteiger partial charge in [0.15, 0.2) is 5.82 Å². The number of hydrogen-bond acceptors (Lipinski definition) is 9. The van der Waals surface area contributed by atoms with Crippen LogP contribution >= 0.6 is 34.7 Å². The van der Waals surface area contributed by atoms with Gasteiger partial charge in [0.2, 0.25) is 17.7 Å². The SMILES string of the molecule is CCSCC(NC(=O)[C@H]1CN(C(=O)C[C@@H]2N=C(c3ccc(Cl)cc3)c3c(sc(C)c3C)-n3c(C)nnc32)CCN1C)C(N)=O. The highest BCUT2D eigenvalue weighted by molar-refractivity contribution is 7.99. The van der Waals surface area contributed by atoms with E-state index >= 15 is 0 Å². The standard InChI is InChI=1S/C30H37ClN8O3S2/c1-6-43-15-22(27(32)41)34-29(42)23-14-38(12-11-37(23)5)24(40)13-21-28-36-35-18(4)39(28)30-25(16(2)17(3)44-30)26(33-21)19-7-9-20(31)10-8-19/h7-10,21-23H,6,11-15H2,1-5H3,(H2,32,41)(H,34,42)/t21-,22?,23+/m0/s1. The van der Waals surface area contributed by atoms with E-state index in [0.717, 1.165) is 33.2 Å². The van der Waals surface area contributed by atoms with Crippen LogP contribution in [0.5, 0.6) is 0 Å². The van der Waals surface area contributed by atoms with Crippen molar-refractivity contribution in [1.29, 1.82) is 0 Å². The van der Waals surface area contributed by atoms with Gasteiger partial charge in [-0.1, -0.05) is 30.7 Å². The van der Waals surface area contributed by atoms with E-state index in [1.807, 2.05) is 54.6 Å². The first kappa shape index (κ1) is 32.1. The number of nitrogens with two attached hydrogens (primary N) is 1. The summed E-state index contributed by atoms with van der Waals surface area (Å²) in [5, 5.41) is 13.3. The van der Waals surface area contributed by atoms with Gasteiger partial charge in [0.1, 0.15) is 29.0 Å². The fourth-order valence-electron chi connectivity index (χ4n) is 5.51. The van der Waals surface area contributed by atoms with E-state index in [9.17, 15) is 14.4 Å². The lowest BCUT2D eigenvalue weighted by atomic mass is 9.99. The second-order valence-electron chi connectivity index (χ2n) is 11.1. The molecule has 2 aliphatic rings. The Labute approximate surface area is 270 Å². The van der Waals surface area contributed by atoms with Gasteiger partial charge in [0.25, 0.3) is 0 Å². The van der Waals surface area contributed by atoms with Crippen molar-refractivity contribution in [1.82, 2.24) is 29.9 Å². The van der Waals surface area contributed by atoms with Crippen molar-refractivity contribution in [3.63, 3.8) is 0 Å². The monoisotopic (exact) mass is 656 g/mol. The van der Waals surface area contributed by atoms with Gasteiger partial charge in [-0.3, -0.25) is 28.8 Å². The third-order valence-corrected chi connectivity index (χ3v) is 10.6. The van der Waals surface area contributed by atoms with Crippen LogP contribution in [0.15, 0.2) is 29.3 Å². The molecule has 0 bridgehead atoms. The maximum absolute atomic E-state index is 13.9. The number of nitrogens with one attached hydrogen (secondary N) is 1. The third-order valence-electron chi connectivity index (χ3n) is 8.18. The molecule has 0 saturated carbocycles. The fraction of sp³-hybridized carbons (Fsp3) is 0.467. The van der Waals surface area contributed by atoms with E-state index in [-0.39, 0.29) is 24.8 Å². The number of aryl methyl sites for hydroxylation is 2. The van der Waals surface area contributed by atoms with Gasteiger partial charge in [0.05, 0.1) is 12.1 Å². The first-order valence-electron chi connectivity index (χ1n) is 14.5. The number of benzene rings is 1. The van der Waals surface area contributed by atoms with Gasteiger partial charge in [0, 0.05) is 46.4 Å². The highest BCUT2D eigenvalue weighted by Gasteiger charge is 2.37. The van der Waals surface area contributed by atoms with Gasteiger partial charge >= 0.3 is 0 Å². The van der Waals surface area contributed by atoms with Crippen LogP contribution < -0.4 is 11.1 Å². The molecule has 3 aromatic rings. The fourth-order valence-corrected chi connectivity index (χ4v) is 7.57. The van der Waals surface area contributed by atoms with Crippen LogP contribution in [0.4, 0.5) is 0 Å². The average molecular weight is 657 g/mol. The number of piperazine rings is 1. The van der Waals surface area contributed by atoms with Crippen molar-refractivity contribution in [2.24, 2.45) is 10.7 Å². The maximum Gasteiger partial charge on any atom is 0.240 e. The van der Waals surface area contributed by atoms with Crippen LogP contribution in [-0.4, -0.2) is 98.3 Å². The molecule has 2 aromatic heterocycles. The Hall–Kier alpha value is -3.26. The number of carbonyl (C=O) groups excluding carboxylic acids is 3. The number of thioether (sulfide) groups is 1. The summed E-state index contributed by atoms with van der Waals surface area (Å²) in [5.41, 5.74) is 9.33. The van der Waals surface area contributed by atoms with E-state index < -0.39 is 24.0 Å². The Morgan fingerprint density at radius 2 is 1.89 bits per heavy atom. The number of nitrogens with zero attached hydrogens (tertiary/aromatic N) is 6. The minimum Gasteiger partial charge on any atom is -0.368 e. The number of fused-ring (bicyclic) bond motifs is 3. The molecule has 0 spiro atoms. The lowest BCUT2D eigenvalue weighted by molar-refractivity contribution is -0.139. The lowest BCUT2D eigenvalue weighted by Gasteiger charge is -2.39. The number of amides is 3. The van der Waals surface area contributed by atoms with Gasteiger partial charge in [-0.05, 0) is 51.3 Å². The number of likely N-dealkylation sites (N-methyl/N-ethyl adjacent to an activating group) is 1. The van der Waals surface area contributed by atoms with Crippen LogP contribution in [0.25, 0.3) is 5.00 Å². The van der Waals surface area contributed by atoms with Gasteiger partial charge in [-0.25, -0.2) is 0 Å². The summed E-state index contributed by atoms with van der Waals surface area (Å²) < 4.78 is 2.02. The van der Waals surface area contributed by atoms with Crippen LogP contribution in [0.3, 0.4) is 0 Å². The topological polar surface area (TPSA) is 139 Å². The maximum atomic E-state index is 13.9. The quantitative estimate of drug-likeness (QED) is 0.361. The number of hydrogen-bond donors (Lipinski definition) is 2. The van der Waals surface area contributed by atoms with E-state index in [4.69, 9.17) is 22.3 Å². The van der Waals surface area contributed by atoms with Gasteiger partial charge in [-0.15, -0.1) is 21.5 Å². The Morgan fingerprint density at radius 1 is 1.16 bits per heavy atom. The van der Waals surface area contributed by atoms with Crippen LogP contribution in [0.2, 0.25) is 5.02 Å². The molecule has 234 valence electrons. The number of halogens is 1. The molecule has 1 aromatic carbocycles. The van der Waals surface area contributed by atoms with Crippen LogP contribution in [0, 0.1) is 20.8 Å². The lowest BCUT2D eigenvalue weighted by Crippen LogP contribution is -2.61. The van der Waals surface area contributed by atoms with Crippen molar-refractivity contribution in [3.8, 4) is 5.00 Å². The normalized spacial score (nSPS) is 19.0. The van der Waals surface area contributed by atoms with E-state index in [0.29, 0.717) is 35.5 Å². The summed E-state index contributed by atoms with van der Waals surface area (Å²) in [4.78, 5) is 49.1. The summed E-state index contributed by atoms with van der Waals surface area (Å²) in [6, 6.07) is 5.56. The molecule has 1 fully saturated rings. The Bertz CT molecular complexity index is 1600. The van der Waals surface area contributed by atoms with Crippen molar-refractivity contribution >= 4 is 58.1 Å². The predicted octanol–water partition coefficient (Wildman–Crippen LogP) is 3.06. The zero-order valence-electron chi connectivity index (χ0n) is 25.5. The summed E-state index contributed by atoms with van der Waals surface area (Å²) in [7, 11) is 1.84. The van der Waals surface area contributed by atoms with E-state index in [1.54, 1.807) is 16.2 Å². The highest BCUT2D eigenvalue weighted by Crippen LogP contribution is 2.39. The summed E-state index contributed by atoms with van der Waals surface area (Å²) in [6.07, 6.45) is 0.0529. The third kappa shape index (κ3) is 6.42. The molecule has 14 heteroatoms. The number of carbonyl (C=O) groups is 3. The summed E-state index contributed by atoms with van der Waals surface area (Å²) >= 11 is 9.40. The molecule has 0 radical (unpaired) electrons. The minimum atomic E-state index is -0.776. The molecule has 1 unspecified atom stereocenters. The number of aromatic nitrogens is 3. The second-order valence-corrected chi connectivity index (χ2v) is 14.0. The smallest absolute Gasteiger partial charge is 0.240 e. The molecule has 11 nitrogen and oxygen atoms in total. The first-order chi connectivity index (χ1) is 21.0. The molecule has 5 rings (SSSR count). The van der Waals surface area contributed by atoms with Crippen molar-refractivity contribution in [2.75, 3.05) is 38.2 Å². The molecule has 3 atom stereocenters. The zero-order valence-corrected chi connectivity index (χ0v) is 27.9. The van der Waals surface area contributed by atoms with Crippen molar-refractivity contribution < 1.29 is 14.4 Å². The molecule has 2 aliphatic heterocycles. The Morgan fingerprint density at radius 3 is 2.57 bits per heavy atom. The number of primary amides is 1. The average Bonchev–Trinajstić information content (AvgIpc) is 3.47. The molecule has 4 heterocycles. The summed E-state index contributed by atoms with van der Waals surface area (Å²) in [6.45, 7) is 9.20. The number of aliphatic imine (C=N–C) groups is 1. The molecule has 1 saturated heterocycles. The molecule has 0 aliphatic carbocycles. The second kappa shape index (κ2) is 13.4. The molecule has 3 N–H and O–H groups in total. The first-order valence-corrected chi connectivity index (χ1v) is 16.9. The van der Waals surface area contributed by atoms with Crippen LogP contribution in [0.1, 0.15) is 52.6 Å². The zero-order chi connectivity index (χ0) is 31.7. The van der Waals surface area contributed by atoms with Gasteiger partial charge in [-0.2, -0.15) is 11.8 Å². The Kier molecular flexibility index (Phi) is 9.78. The molecular weight excluding hydrogens is 620 g/mol. The van der Waals surface area contributed by atoms with E-state index in [1.165, 1.54) is 16.6 Å².